The van der Waals surface area contributed by atoms with Gasteiger partial charge in [0.15, 0.2) is 11.6 Å². The highest BCUT2D eigenvalue weighted by atomic mass is 16.6. The van der Waals surface area contributed by atoms with Crippen LogP contribution in [0.15, 0.2) is 12.2 Å². The first-order valence-electron chi connectivity index (χ1n) is 14.5. The van der Waals surface area contributed by atoms with E-state index < -0.39 is 23.3 Å². The summed E-state index contributed by atoms with van der Waals surface area (Å²) in [5, 5.41) is 18.1. The number of hydrogen-bond donors (Lipinski definition) is 2. The SMILES string of the molecule is CC[C@H]1C=CCC[C@@]2(C[C@@H]3CC[C@@H]4[C@H](C(=O)OCCCCCC(=O)[O-])[C@]5(CCC[C@@H](C)O5)NC(=[N+]34)N2)O1. The third-order valence-corrected chi connectivity index (χ3v) is 8.87. The minimum Gasteiger partial charge on any atom is -0.550 e. The maximum absolute atomic E-state index is 13.7. The number of allylic oxidation sites excluding steroid dienone is 1. The lowest BCUT2D eigenvalue weighted by atomic mass is 9.80. The minimum absolute atomic E-state index is 0.00728. The van der Waals surface area contributed by atoms with Crippen LogP contribution >= 0.6 is 0 Å². The lowest BCUT2D eigenvalue weighted by Crippen LogP contribution is -2.76. The van der Waals surface area contributed by atoms with Crippen molar-refractivity contribution < 1.29 is 33.5 Å². The average molecular weight is 518 g/mol. The largest absolute Gasteiger partial charge is 0.550 e. The summed E-state index contributed by atoms with van der Waals surface area (Å²) in [6, 6.07) is 0.301. The van der Waals surface area contributed by atoms with Gasteiger partial charge in [-0.25, -0.2) is 10.6 Å². The molecule has 2 spiro atoms. The molecule has 9 nitrogen and oxygen atoms in total. The summed E-state index contributed by atoms with van der Waals surface area (Å²) in [4.78, 5) is 24.3. The molecule has 0 aliphatic carbocycles. The van der Waals surface area contributed by atoms with Gasteiger partial charge in [0.2, 0.25) is 5.72 Å². The molecule has 0 aromatic carbocycles. The van der Waals surface area contributed by atoms with E-state index in [2.05, 4.69) is 41.2 Å². The molecular weight excluding hydrogens is 474 g/mol. The minimum atomic E-state index is -1.04. The van der Waals surface area contributed by atoms with Crippen LogP contribution in [0.3, 0.4) is 0 Å². The van der Waals surface area contributed by atoms with Crippen molar-refractivity contribution in [3.05, 3.63) is 12.2 Å². The van der Waals surface area contributed by atoms with E-state index >= 15 is 0 Å². The van der Waals surface area contributed by atoms with Crippen molar-refractivity contribution in [3.8, 4) is 0 Å². The summed E-state index contributed by atoms with van der Waals surface area (Å²) in [6.45, 7) is 4.53. The number of esters is 1. The van der Waals surface area contributed by atoms with Crippen LogP contribution in [0.2, 0.25) is 0 Å². The lowest BCUT2D eigenvalue weighted by Gasteiger charge is -2.50. The molecule has 5 aliphatic rings. The number of carbonyl (C=O) groups is 2. The van der Waals surface area contributed by atoms with Gasteiger partial charge in [-0.1, -0.05) is 19.1 Å². The van der Waals surface area contributed by atoms with Gasteiger partial charge >= 0.3 is 11.9 Å². The Morgan fingerprint density at radius 1 is 1.16 bits per heavy atom. The molecule has 0 saturated carbocycles. The Balaban J connectivity index is 1.36. The predicted octanol–water partition coefficient (Wildman–Crippen LogP) is 2.08. The van der Waals surface area contributed by atoms with Gasteiger partial charge in [0.1, 0.15) is 0 Å². The number of aliphatic carboxylic acids is 1. The summed E-state index contributed by atoms with van der Waals surface area (Å²) < 4.78 is 21.5. The molecule has 0 aromatic heterocycles. The number of hydrogen-bond acceptors (Lipinski definition) is 8. The highest BCUT2D eigenvalue weighted by Crippen LogP contribution is 2.45. The number of nitrogens with zero attached hydrogens (tertiary/aromatic N) is 1. The van der Waals surface area contributed by atoms with E-state index in [-0.39, 0.29) is 30.6 Å². The lowest BCUT2D eigenvalue weighted by molar-refractivity contribution is -0.609. The quantitative estimate of drug-likeness (QED) is 0.218. The summed E-state index contributed by atoms with van der Waals surface area (Å²) in [5.74, 6) is -0.738. The number of unbranched alkanes of at least 4 members (excludes halogenated alkanes) is 2. The summed E-state index contributed by atoms with van der Waals surface area (Å²) in [5.41, 5.74) is -1.24. The van der Waals surface area contributed by atoms with Gasteiger partial charge in [0.25, 0.3) is 0 Å². The fourth-order valence-electron chi connectivity index (χ4n) is 7.21. The molecule has 0 unspecified atom stereocenters. The molecule has 5 rings (SSSR count). The molecule has 2 saturated heterocycles. The van der Waals surface area contributed by atoms with Gasteiger partial charge in [0, 0.05) is 25.2 Å². The second-order valence-corrected chi connectivity index (χ2v) is 11.6. The van der Waals surface area contributed by atoms with E-state index in [0.29, 0.717) is 31.9 Å². The Hall–Kier alpha value is -2.13. The predicted molar refractivity (Wildman–Crippen MR) is 134 cm³/mol. The van der Waals surface area contributed by atoms with E-state index in [0.717, 1.165) is 63.7 Å². The van der Waals surface area contributed by atoms with Crippen LogP contribution in [0.5, 0.6) is 0 Å². The van der Waals surface area contributed by atoms with Gasteiger partial charge in [-0.2, -0.15) is 0 Å². The highest BCUT2D eigenvalue weighted by Gasteiger charge is 2.64. The molecular formula is C28H43N3O6. The second-order valence-electron chi connectivity index (χ2n) is 11.6. The zero-order valence-electron chi connectivity index (χ0n) is 22.3. The number of nitrogens with one attached hydrogen (secondary N) is 2. The molecule has 37 heavy (non-hydrogen) atoms. The van der Waals surface area contributed by atoms with Gasteiger partial charge < -0.3 is 24.1 Å². The summed E-state index contributed by atoms with van der Waals surface area (Å²) >= 11 is 0. The van der Waals surface area contributed by atoms with E-state index in [1.807, 2.05) is 0 Å². The Bertz CT molecular complexity index is 937. The van der Waals surface area contributed by atoms with E-state index in [4.69, 9.17) is 14.2 Å². The number of guanidine groups is 1. The van der Waals surface area contributed by atoms with Gasteiger partial charge in [-0.3, -0.25) is 9.37 Å². The molecule has 0 bridgehead atoms. The van der Waals surface area contributed by atoms with Crippen molar-refractivity contribution in [2.75, 3.05) is 6.61 Å². The van der Waals surface area contributed by atoms with Crippen molar-refractivity contribution >= 4 is 17.9 Å². The molecule has 5 heterocycles. The van der Waals surface area contributed by atoms with Crippen molar-refractivity contribution in [2.45, 2.75) is 133 Å². The van der Waals surface area contributed by atoms with Gasteiger partial charge in [0.05, 0.1) is 30.9 Å². The molecule has 9 heteroatoms. The number of rotatable bonds is 8. The maximum atomic E-state index is 13.7. The third-order valence-electron chi connectivity index (χ3n) is 8.87. The Morgan fingerprint density at radius 3 is 2.81 bits per heavy atom. The topological polar surface area (TPSA) is 112 Å². The molecule has 5 aliphatic heterocycles. The zero-order valence-corrected chi connectivity index (χ0v) is 22.3. The van der Waals surface area contributed by atoms with Crippen LogP contribution in [-0.4, -0.2) is 64.8 Å². The highest BCUT2D eigenvalue weighted by molar-refractivity contribution is 5.82. The van der Waals surface area contributed by atoms with Gasteiger partial charge in [-0.15, -0.1) is 0 Å². The number of carboxylic acids is 1. The number of carbonyl (C=O) groups excluding carboxylic acids is 2. The number of ether oxygens (including phenoxy) is 3. The zero-order chi connectivity index (χ0) is 26.0. The first kappa shape index (κ1) is 26.5. The number of carboxylic acid groups (broad SMARTS) is 1. The summed E-state index contributed by atoms with van der Waals surface area (Å²) in [7, 11) is 0. The molecule has 206 valence electrons. The fraction of sp³-hybridized carbons (Fsp3) is 0.821. The van der Waals surface area contributed by atoms with Crippen LogP contribution in [-0.2, 0) is 23.8 Å². The Labute approximate surface area is 220 Å². The molecule has 0 aromatic rings. The van der Waals surface area contributed by atoms with Crippen molar-refractivity contribution in [1.29, 1.82) is 0 Å². The molecule has 2 N–H and O–H groups in total. The third kappa shape index (κ3) is 5.39. The fourth-order valence-corrected chi connectivity index (χ4v) is 7.21. The molecule has 0 amide bonds. The summed E-state index contributed by atoms with van der Waals surface area (Å²) in [6.07, 6.45) is 14.8. The first-order chi connectivity index (χ1) is 17.8. The van der Waals surface area contributed by atoms with E-state index in [1.54, 1.807) is 0 Å². The Morgan fingerprint density at radius 2 is 2.03 bits per heavy atom. The van der Waals surface area contributed by atoms with Crippen LogP contribution in [0.25, 0.3) is 0 Å². The normalized spacial score (nSPS) is 38.6. The van der Waals surface area contributed by atoms with Crippen LogP contribution in [0.4, 0.5) is 0 Å². The van der Waals surface area contributed by atoms with Crippen LogP contribution in [0.1, 0.15) is 97.3 Å². The maximum Gasteiger partial charge on any atom is 0.350 e. The van der Waals surface area contributed by atoms with Crippen molar-refractivity contribution in [1.82, 2.24) is 10.6 Å². The van der Waals surface area contributed by atoms with E-state index in [1.165, 1.54) is 0 Å². The van der Waals surface area contributed by atoms with Crippen LogP contribution in [0, 0.1) is 5.92 Å². The average Bonchev–Trinajstić information content (AvgIpc) is 3.15. The standard InChI is InChI=1S/C28H43N3O6/c1-3-21-11-6-7-15-27(37-21)18-20-13-14-22-24(25(34)35-17-8-4-5-12-23(32)33)28(16-9-10-19(2)36-28)30-26(29-27)31(20)22/h6,11,19-22,24H,3-5,7-10,12-18H2,1-2H3,(H2,29,30,32,33)/t19-,20+,21+,22-,24-,27+,28-/m1/s1. The smallest absolute Gasteiger partial charge is 0.350 e. The van der Waals surface area contributed by atoms with Crippen molar-refractivity contribution in [3.63, 3.8) is 0 Å². The molecule has 2 fully saturated rings. The first-order valence-corrected chi connectivity index (χ1v) is 14.5. The molecule has 0 radical (unpaired) electrons. The van der Waals surface area contributed by atoms with Crippen LogP contribution < -0.4 is 15.7 Å². The monoisotopic (exact) mass is 517 g/mol. The molecule has 7 atom stereocenters. The Kier molecular flexibility index (Phi) is 7.82. The van der Waals surface area contributed by atoms with Gasteiger partial charge in [-0.05, 0) is 71.1 Å². The second kappa shape index (κ2) is 10.9. The van der Waals surface area contributed by atoms with Crippen molar-refractivity contribution in [2.24, 2.45) is 5.92 Å². The van der Waals surface area contributed by atoms with E-state index in [9.17, 15) is 14.7 Å².